The molecule has 0 aliphatic heterocycles. The number of hydrogen-bond acceptors (Lipinski definition) is 7. The zero-order chi connectivity index (χ0) is 23.6. The summed E-state index contributed by atoms with van der Waals surface area (Å²) in [6.07, 6.45) is 0.0453. The number of Topliss-reactive ketones (excluding diaryl/α,β-unsaturated/α-hetero) is 2. The molecule has 8 nitrogen and oxygen atoms in total. The van der Waals surface area contributed by atoms with Crippen molar-refractivity contribution < 1.29 is 24.4 Å². The summed E-state index contributed by atoms with van der Waals surface area (Å²) in [5.41, 5.74) is 0.278. The van der Waals surface area contributed by atoms with Crippen molar-refractivity contribution in [3.63, 3.8) is 0 Å². The molecule has 2 aromatic rings. The van der Waals surface area contributed by atoms with E-state index in [0.717, 1.165) is 0 Å². The number of ketones is 2. The third-order valence-electron chi connectivity index (χ3n) is 5.82. The number of non-ortho nitro benzene ring substituents is 1. The molecule has 0 fully saturated rings. The summed E-state index contributed by atoms with van der Waals surface area (Å²) in [6.45, 7) is 4.31. The molecule has 1 aliphatic rings. The Balaban J connectivity index is 2.20. The van der Waals surface area contributed by atoms with Crippen LogP contribution in [-0.4, -0.2) is 34.3 Å². The van der Waals surface area contributed by atoms with Gasteiger partial charge in [0.2, 0.25) is 0 Å². The van der Waals surface area contributed by atoms with E-state index in [1.165, 1.54) is 32.0 Å². The molecule has 2 aromatic carbocycles. The Hall–Kier alpha value is -3.52. The molecule has 0 aromatic heterocycles. The highest BCUT2D eigenvalue weighted by atomic mass is 16.6. The third-order valence-corrected chi connectivity index (χ3v) is 5.82. The second kappa shape index (κ2) is 8.92. The summed E-state index contributed by atoms with van der Waals surface area (Å²) in [6, 6.07) is 12.9. The number of aliphatic hydroxyl groups is 1. The summed E-state index contributed by atoms with van der Waals surface area (Å²) in [5.74, 6) is -1.69. The molecule has 3 atom stereocenters. The van der Waals surface area contributed by atoms with Crippen molar-refractivity contribution in [2.45, 2.75) is 38.7 Å². The first kappa shape index (κ1) is 23.1. The van der Waals surface area contributed by atoms with Gasteiger partial charge >= 0.3 is 0 Å². The maximum absolute atomic E-state index is 12.8. The summed E-state index contributed by atoms with van der Waals surface area (Å²) in [7, 11) is 1.56. The fourth-order valence-corrected chi connectivity index (χ4v) is 4.53. The fourth-order valence-electron chi connectivity index (χ4n) is 4.53. The third kappa shape index (κ3) is 4.55. The van der Waals surface area contributed by atoms with Gasteiger partial charge in [-0.1, -0.05) is 12.1 Å². The van der Waals surface area contributed by atoms with Crippen molar-refractivity contribution in [3.8, 4) is 5.75 Å². The van der Waals surface area contributed by atoms with Gasteiger partial charge in [0, 0.05) is 41.4 Å². The van der Waals surface area contributed by atoms with Gasteiger partial charge in [-0.15, -0.1) is 0 Å². The predicted octanol–water partition coefficient (Wildman–Crippen LogP) is 4.00. The normalized spacial score (nSPS) is 22.9. The summed E-state index contributed by atoms with van der Waals surface area (Å²) in [4.78, 5) is 36.3. The second-order valence-corrected chi connectivity index (χ2v) is 8.25. The quantitative estimate of drug-likeness (QED) is 0.495. The van der Waals surface area contributed by atoms with Crippen molar-refractivity contribution >= 4 is 22.9 Å². The number of rotatable bonds is 7. The maximum Gasteiger partial charge on any atom is 0.269 e. The highest BCUT2D eigenvalue weighted by Gasteiger charge is 2.49. The lowest BCUT2D eigenvalue weighted by Gasteiger charge is -2.43. The molecule has 0 unspecified atom stereocenters. The van der Waals surface area contributed by atoms with E-state index in [-0.39, 0.29) is 23.7 Å². The molecule has 0 saturated heterocycles. The first-order valence-corrected chi connectivity index (χ1v) is 10.2. The minimum atomic E-state index is -1.48. The number of nitro groups is 1. The van der Waals surface area contributed by atoms with Crippen molar-refractivity contribution in [3.05, 3.63) is 75.5 Å². The lowest BCUT2D eigenvalue weighted by atomic mass is 9.64. The maximum atomic E-state index is 12.8. The fraction of sp³-hybridized carbons (Fsp3) is 0.333. The molecule has 32 heavy (non-hydrogen) atoms. The van der Waals surface area contributed by atoms with Gasteiger partial charge in [-0.05, 0) is 50.6 Å². The topological polar surface area (TPSA) is 119 Å². The van der Waals surface area contributed by atoms with Gasteiger partial charge in [-0.25, -0.2) is 0 Å². The van der Waals surface area contributed by atoms with E-state index >= 15 is 0 Å². The largest absolute Gasteiger partial charge is 0.497 e. The van der Waals surface area contributed by atoms with Crippen molar-refractivity contribution in [1.29, 1.82) is 0 Å². The number of nitrogens with one attached hydrogen (secondary N) is 1. The van der Waals surface area contributed by atoms with E-state index < -0.39 is 22.4 Å². The average molecular weight is 438 g/mol. The Morgan fingerprint density at radius 2 is 1.84 bits per heavy atom. The molecule has 0 saturated carbocycles. The molecular weight excluding hydrogens is 412 g/mol. The van der Waals surface area contributed by atoms with Gasteiger partial charge in [0.15, 0.2) is 5.78 Å². The molecule has 3 rings (SSSR count). The minimum Gasteiger partial charge on any atom is -0.497 e. The minimum absolute atomic E-state index is 0.0453. The molecular formula is C24H26N2O6. The van der Waals surface area contributed by atoms with Crippen LogP contribution < -0.4 is 10.1 Å². The Morgan fingerprint density at radius 1 is 1.19 bits per heavy atom. The highest BCUT2D eigenvalue weighted by molar-refractivity contribution is 5.98. The summed E-state index contributed by atoms with van der Waals surface area (Å²) in [5, 5.41) is 25.8. The lowest BCUT2D eigenvalue weighted by molar-refractivity contribution is -0.384. The van der Waals surface area contributed by atoms with Crippen LogP contribution in [-0.2, 0) is 9.59 Å². The Morgan fingerprint density at radius 3 is 2.38 bits per heavy atom. The number of carbonyl (C=O) groups excluding carboxylic acids is 2. The SMILES string of the molecule is COc1ccc(NC2=C(C(C)=O)[C@H](c3cccc([N+](=O)[O-])c3)[C@H](C(C)=O)[C@@](C)(O)C2)cc1. The van der Waals surface area contributed by atoms with Crippen LogP contribution in [0.25, 0.3) is 0 Å². The molecule has 2 N–H and O–H groups in total. The van der Waals surface area contributed by atoms with E-state index in [1.807, 2.05) is 0 Å². The Kier molecular flexibility index (Phi) is 6.45. The van der Waals surface area contributed by atoms with E-state index in [4.69, 9.17) is 4.74 Å². The molecule has 0 bridgehead atoms. The van der Waals surface area contributed by atoms with Crippen LogP contribution in [0.3, 0.4) is 0 Å². The number of anilines is 1. The van der Waals surface area contributed by atoms with Gasteiger partial charge in [0.05, 0.1) is 23.6 Å². The Labute approximate surface area is 186 Å². The molecule has 0 heterocycles. The first-order chi connectivity index (χ1) is 15.0. The zero-order valence-corrected chi connectivity index (χ0v) is 18.4. The lowest BCUT2D eigenvalue weighted by Crippen LogP contribution is -2.48. The number of nitrogens with zero attached hydrogens (tertiary/aromatic N) is 1. The number of nitro benzene ring substituents is 1. The van der Waals surface area contributed by atoms with Crippen molar-refractivity contribution in [1.82, 2.24) is 0 Å². The number of hydrogen-bond donors (Lipinski definition) is 2. The Bertz CT molecular complexity index is 1090. The van der Waals surface area contributed by atoms with Gasteiger partial charge < -0.3 is 15.2 Å². The number of carbonyl (C=O) groups is 2. The van der Waals surface area contributed by atoms with Gasteiger partial charge in [0.25, 0.3) is 5.69 Å². The monoisotopic (exact) mass is 438 g/mol. The van der Waals surface area contributed by atoms with Crippen molar-refractivity contribution in [2.75, 3.05) is 12.4 Å². The number of methoxy groups -OCH3 is 1. The molecule has 1 aliphatic carbocycles. The number of benzene rings is 2. The molecule has 168 valence electrons. The highest BCUT2D eigenvalue weighted by Crippen LogP contribution is 2.48. The van der Waals surface area contributed by atoms with Crippen LogP contribution in [0.1, 0.15) is 38.7 Å². The second-order valence-electron chi connectivity index (χ2n) is 8.25. The van der Waals surface area contributed by atoms with Gasteiger partial charge in [-0.2, -0.15) is 0 Å². The van der Waals surface area contributed by atoms with Gasteiger partial charge in [-0.3, -0.25) is 19.7 Å². The zero-order valence-electron chi connectivity index (χ0n) is 18.4. The summed E-state index contributed by atoms with van der Waals surface area (Å²) < 4.78 is 5.17. The smallest absolute Gasteiger partial charge is 0.269 e. The van der Waals surface area contributed by atoms with Crippen molar-refractivity contribution in [2.24, 2.45) is 5.92 Å². The predicted molar refractivity (Wildman–Crippen MR) is 120 cm³/mol. The standard InChI is InChI=1S/C24H26N2O6/c1-14(27)21-20(25-17-8-10-19(32-4)11-9-17)13-24(3,29)23(15(2)28)22(21)16-6-5-7-18(12-16)26(30)31/h5-12,22-23,25,29H,13H2,1-4H3/t22-,23-,24-/m0/s1. The number of allylic oxidation sites excluding steroid dienone is 1. The molecule has 0 spiro atoms. The molecule has 8 heteroatoms. The van der Waals surface area contributed by atoms with E-state index in [0.29, 0.717) is 28.3 Å². The average Bonchev–Trinajstić information content (AvgIpc) is 2.72. The van der Waals surface area contributed by atoms with E-state index in [2.05, 4.69) is 5.32 Å². The van der Waals surface area contributed by atoms with Crippen LogP contribution in [0, 0.1) is 16.0 Å². The van der Waals surface area contributed by atoms with E-state index in [9.17, 15) is 24.8 Å². The first-order valence-electron chi connectivity index (χ1n) is 10.2. The van der Waals surface area contributed by atoms with Crippen LogP contribution in [0.2, 0.25) is 0 Å². The summed E-state index contributed by atoms with van der Waals surface area (Å²) >= 11 is 0. The van der Waals surface area contributed by atoms with E-state index in [1.54, 1.807) is 44.4 Å². The van der Waals surface area contributed by atoms with Crippen LogP contribution in [0.5, 0.6) is 5.75 Å². The van der Waals surface area contributed by atoms with Crippen LogP contribution >= 0.6 is 0 Å². The van der Waals surface area contributed by atoms with Gasteiger partial charge in [0.1, 0.15) is 11.5 Å². The molecule has 0 radical (unpaired) electrons. The van der Waals surface area contributed by atoms with Crippen LogP contribution in [0.4, 0.5) is 11.4 Å². The number of ether oxygens (including phenoxy) is 1. The molecule has 0 amide bonds. The van der Waals surface area contributed by atoms with Crippen LogP contribution in [0.15, 0.2) is 59.8 Å².